The highest BCUT2D eigenvalue weighted by atomic mass is 15.5. The van der Waals surface area contributed by atoms with E-state index in [1.807, 2.05) is 30.3 Å². The second kappa shape index (κ2) is 4.94. The molecular weight excluding hydrogens is 230 g/mol. The predicted molar refractivity (Wildman–Crippen MR) is 70.4 cm³/mol. The third-order valence-electron chi connectivity index (χ3n) is 2.27. The fourth-order valence-electron chi connectivity index (χ4n) is 1.39. The van der Waals surface area contributed by atoms with E-state index < -0.39 is 0 Å². The van der Waals surface area contributed by atoms with Crippen LogP contribution in [0.25, 0.3) is 11.4 Å². The van der Waals surface area contributed by atoms with Gasteiger partial charge in [-0.25, -0.2) is 11.7 Å². The molecule has 4 N–H and O–H groups in total. The lowest BCUT2D eigenvalue weighted by Gasteiger charge is -2.15. The molecule has 0 spiro atoms. The molecule has 2 rings (SSSR count). The lowest BCUT2D eigenvalue weighted by Crippen LogP contribution is -2.31. The van der Waals surface area contributed by atoms with Crippen LogP contribution in [0, 0.1) is 0 Å². The van der Waals surface area contributed by atoms with Gasteiger partial charge in [-0.2, -0.15) is 15.0 Å². The van der Waals surface area contributed by atoms with Crippen LogP contribution in [-0.2, 0) is 0 Å². The van der Waals surface area contributed by atoms with Gasteiger partial charge in [0.1, 0.15) is 0 Å². The van der Waals surface area contributed by atoms with Crippen LogP contribution < -0.4 is 21.7 Å². The first-order chi connectivity index (χ1) is 8.58. The summed E-state index contributed by atoms with van der Waals surface area (Å²) in [6, 6.07) is 9.58. The van der Waals surface area contributed by atoms with E-state index in [-0.39, 0.29) is 0 Å². The quantitative estimate of drug-likeness (QED) is 0.587. The first-order valence-electron chi connectivity index (χ1n) is 5.36. The molecule has 18 heavy (non-hydrogen) atoms. The standard InChI is InChI=1S/C11H15N7/c1-17(12)10-14-9(8-6-4-3-5-7-8)15-11(16-10)18(2)13/h3-7H,12-13H2,1-2H3. The Bertz CT molecular complexity index is 498. The number of nitrogens with two attached hydrogens (primary N) is 2. The molecule has 0 aliphatic carbocycles. The van der Waals surface area contributed by atoms with E-state index in [4.69, 9.17) is 11.7 Å². The van der Waals surface area contributed by atoms with Crippen LogP contribution in [0.1, 0.15) is 0 Å². The molecule has 1 aromatic heterocycles. The van der Waals surface area contributed by atoms with Crippen molar-refractivity contribution in [3.8, 4) is 11.4 Å². The monoisotopic (exact) mass is 245 g/mol. The summed E-state index contributed by atoms with van der Waals surface area (Å²) in [4.78, 5) is 12.7. The summed E-state index contributed by atoms with van der Waals surface area (Å²) in [5.74, 6) is 12.5. The van der Waals surface area contributed by atoms with Gasteiger partial charge in [0.25, 0.3) is 0 Å². The summed E-state index contributed by atoms with van der Waals surface area (Å²) in [5.41, 5.74) is 0.881. The van der Waals surface area contributed by atoms with Crippen LogP contribution in [0.4, 0.5) is 11.9 Å². The maximum absolute atomic E-state index is 5.65. The van der Waals surface area contributed by atoms with Gasteiger partial charge in [-0.1, -0.05) is 30.3 Å². The van der Waals surface area contributed by atoms with Crippen LogP contribution in [0.15, 0.2) is 30.3 Å². The van der Waals surface area contributed by atoms with Crippen molar-refractivity contribution in [1.29, 1.82) is 0 Å². The molecule has 7 nitrogen and oxygen atoms in total. The predicted octanol–water partition coefficient (Wildman–Crippen LogP) is 0.158. The summed E-state index contributed by atoms with van der Waals surface area (Å²) >= 11 is 0. The molecule has 0 fully saturated rings. The van der Waals surface area contributed by atoms with Crippen LogP contribution in [0.3, 0.4) is 0 Å². The summed E-state index contributed by atoms with van der Waals surface area (Å²) in [7, 11) is 3.31. The lowest BCUT2D eigenvalue weighted by atomic mass is 10.2. The molecule has 0 amide bonds. The third kappa shape index (κ3) is 2.53. The van der Waals surface area contributed by atoms with Gasteiger partial charge < -0.3 is 0 Å². The SMILES string of the molecule is CN(N)c1nc(-c2ccccc2)nc(N(C)N)n1. The Morgan fingerprint density at radius 1 is 0.833 bits per heavy atom. The molecule has 0 bridgehead atoms. The normalized spacial score (nSPS) is 10.2. The second-order valence-electron chi connectivity index (χ2n) is 3.85. The molecule has 94 valence electrons. The van der Waals surface area contributed by atoms with Crippen LogP contribution in [-0.4, -0.2) is 29.0 Å². The Morgan fingerprint density at radius 3 is 1.78 bits per heavy atom. The Morgan fingerprint density at radius 2 is 1.33 bits per heavy atom. The fourth-order valence-corrected chi connectivity index (χ4v) is 1.39. The molecule has 1 heterocycles. The van der Waals surface area contributed by atoms with E-state index in [1.165, 1.54) is 10.0 Å². The van der Waals surface area contributed by atoms with Gasteiger partial charge in [0.2, 0.25) is 11.9 Å². The van der Waals surface area contributed by atoms with E-state index in [0.717, 1.165) is 5.56 Å². The highest BCUT2D eigenvalue weighted by Gasteiger charge is 2.11. The second-order valence-corrected chi connectivity index (χ2v) is 3.85. The van der Waals surface area contributed by atoms with Gasteiger partial charge >= 0.3 is 0 Å². The highest BCUT2D eigenvalue weighted by Crippen LogP contribution is 2.18. The van der Waals surface area contributed by atoms with Crippen LogP contribution in [0.5, 0.6) is 0 Å². The van der Waals surface area contributed by atoms with E-state index in [0.29, 0.717) is 17.7 Å². The summed E-state index contributed by atoms with van der Waals surface area (Å²) in [6.07, 6.45) is 0. The van der Waals surface area contributed by atoms with Gasteiger partial charge in [-0.05, 0) is 0 Å². The van der Waals surface area contributed by atoms with Gasteiger partial charge in [0, 0.05) is 19.7 Å². The minimum Gasteiger partial charge on any atom is -0.282 e. The van der Waals surface area contributed by atoms with E-state index >= 15 is 0 Å². The Kier molecular flexibility index (Phi) is 3.35. The minimum absolute atomic E-state index is 0.358. The molecule has 0 aliphatic heterocycles. The van der Waals surface area contributed by atoms with Gasteiger partial charge in [0.15, 0.2) is 5.82 Å². The van der Waals surface area contributed by atoms with Gasteiger partial charge in [-0.15, -0.1) is 0 Å². The zero-order valence-electron chi connectivity index (χ0n) is 10.3. The zero-order chi connectivity index (χ0) is 13.1. The molecule has 0 aliphatic rings. The van der Waals surface area contributed by atoms with Crippen molar-refractivity contribution in [2.24, 2.45) is 11.7 Å². The zero-order valence-corrected chi connectivity index (χ0v) is 10.3. The fraction of sp³-hybridized carbons (Fsp3) is 0.182. The van der Waals surface area contributed by atoms with E-state index in [1.54, 1.807) is 14.1 Å². The number of hydrazine groups is 2. The van der Waals surface area contributed by atoms with Crippen molar-refractivity contribution in [2.75, 3.05) is 24.1 Å². The molecule has 1 aromatic carbocycles. The number of anilines is 2. The van der Waals surface area contributed by atoms with E-state index in [2.05, 4.69) is 15.0 Å². The molecule has 2 aromatic rings. The van der Waals surface area contributed by atoms with Crippen molar-refractivity contribution in [2.45, 2.75) is 0 Å². The maximum atomic E-state index is 5.65. The number of benzene rings is 1. The van der Waals surface area contributed by atoms with Crippen molar-refractivity contribution in [3.63, 3.8) is 0 Å². The highest BCUT2D eigenvalue weighted by molar-refractivity contribution is 5.57. The van der Waals surface area contributed by atoms with E-state index in [9.17, 15) is 0 Å². The smallest absolute Gasteiger partial charge is 0.244 e. The number of nitrogens with zero attached hydrogens (tertiary/aromatic N) is 5. The molecule has 7 heteroatoms. The maximum Gasteiger partial charge on any atom is 0.244 e. The van der Waals surface area contributed by atoms with Crippen LogP contribution >= 0.6 is 0 Å². The first kappa shape index (κ1) is 12.2. The molecule has 0 radical (unpaired) electrons. The average molecular weight is 245 g/mol. The molecule has 0 unspecified atom stereocenters. The third-order valence-corrected chi connectivity index (χ3v) is 2.27. The number of hydrogen-bond acceptors (Lipinski definition) is 7. The van der Waals surface area contributed by atoms with Crippen molar-refractivity contribution in [3.05, 3.63) is 30.3 Å². The minimum atomic E-state index is 0.358. The molecule has 0 saturated heterocycles. The summed E-state index contributed by atoms with van der Waals surface area (Å²) in [6.45, 7) is 0. The largest absolute Gasteiger partial charge is 0.282 e. The lowest BCUT2D eigenvalue weighted by molar-refractivity contribution is 0.864. The van der Waals surface area contributed by atoms with Crippen molar-refractivity contribution in [1.82, 2.24) is 15.0 Å². The van der Waals surface area contributed by atoms with Gasteiger partial charge in [-0.3, -0.25) is 10.0 Å². The Labute approximate surface area is 105 Å². The topological polar surface area (TPSA) is 97.2 Å². The summed E-state index contributed by atoms with van der Waals surface area (Å²) in [5, 5.41) is 2.64. The van der Waals surface area contributed by atoms with Crippen molar-refractivity contribution >= 4 is 11.9 Å². The Hall–Kier alpha value is -2.25. The number of hydrogen-bond donors (Lipinski definition) is 2. The van der Waals surface area contributed by atoms with Gasteiger partial charge in [0.05, 0.1) is 0 Å². The van der Waals surface area contributed by atoms with Crippen LogP contribution in [0.2, 0.25) is 0 Å². The number of rotatable bonds is 3. The van der Waals surface area contributed by atoms with Crippen molar-refractivity contribution < 1.29 is 0 Å². The Balaban J connectivity index is 2.54. The number of aromatic nitrogens is 3. The molecule has 0 saturated carbocycles. The average Bonchev–Trinajstić information content (AvgIpc) is 2.39. The molecule has 0 atom stereocenters. The first-order valence-corrected chi connectivity index (χ1v) is 5.36. The molecular formula is C11H15N7. The summed E-state index contributed by atoms with van der Waals surface area (Å²) < 4.78 is 0.